The molecule has 1 fully saturated rings. The Bertz CT molecular complexity index is 653. The molecule has 100 valence electrons. The monoisotopic (exact) mass is 297 g/mol. The summed E-state index contributed by atoms with van der Waals surface area (Å²) in [4.78, 5) is 14.2. The Morgan fingerprint density at radius 3 is 2.89 bits per heavy atom. The van der Waals surface area contributed by atoms with Crippen molar-refractivity contribution >= 4 is 27.4 Å². The minimum atomic E-state index is -3.59. The molecule has 0 bridgehead atoms. The molecular formula is C11H11N3O3S2. The van der Waals surface area contributed by atoms with Crippen molar-refractivity contribution < 1.29 is 13.2 Å². The molecule has 0 N–H and O–H groups in total. The van der Waals surface area contributed by atoms with E-state index in [0.29, 0.717) is 24.3 Å². The number of piperidine rings is 1. The molecule has 0 spiro atoms. The van der Waals surface area contributed by atoms with Crippen LogP contribution in [0.15, 0.2) is 21.3 Å². The molecule has 0 radical (unpaired) electrons. The smallest absolute Gasteiger partial charge is 0.211 e. The van der Waals surface area contributed by atoms with Gasteiger partial charge in [-0.15, -0.1) is 11.3 Å². The second-order valence-electron chi connectivity index (χ2n) is 4.11. The molecule has 1 aliphatic rings. The second-order valence-corrected chi connectivity index (χ2v) is 7.36. The summed E-state index contributed by atoms with van der Waals surface area (Å²) >= 11 is 0.949. The van der Waals surface area contributed by atoms with Gasteiger partial charge in [-0.2, -0.15) is 9.57 Å². The van der Waals surface area contributed by atoms with Crippen LogP contribution in [0.1, 0.15) is 17.7 Å². The summed E-state index contributed by atoms with van der Waals surface area (Å²) in [5.41, 5.74) is 0. The number of hydrogen-bond acceptors (Lipinski definition) is 6. The first-order valence-corrected chi connectivity index (χ1v) is 7.90. The third kappa shape index (κ3) is 2.91. The zero-order valence-corrected chi connectivity index (χ0v) is 11.6. The number of rotatable bonds is 3. The van der Waals surface area contributed by atoms with Crippen LogP contribution >= 0.6 is 11.3 Å². The van der Waals surface area contributed by atoms with Crippen molar-refractivity contribution in [2.75, 3.05) is 13.1 Å². The van der Waals surface area contributed by atoms with E-state index < -0.39 is 10.0 Å². The normalized spacial score (nSPS) is 20.5. The Morgan fingerprint density at radius 2 is 2.26 bits per heavy atom. The summed E-state index contributed by atoms with van der Waals surface area (Å²) in [7, 11) is -3.59. The molecule has 1 atom stereocenters. The molecule has 1 unspecified atom stereocenters. The summed E-state index contributed by atoms with van der Waals surface area (Å²) < 4.78 is 26.2. The van der Waals surface area contributed by atoms with Crippen LogP contribution in [0.5, 0.6) is 0 Å². The van der Waals surface area contributed by atoms with Gasteiger partial charge < -0.3 is 0 Å². The van der Waals surface area contributed by atoms with Crippen LogP contribution in [-0.2, 0) is 14.8 Å². The van der Waals surface area contributed by atoms with Crippen molar-refractivity contribution in [1.29, 1.82) is 5.26 Å². The van der Waals surface area contributed by atoms with Gasteiger partial charge in [0.1, 0.15) is 15.2 Å². The third-order valence-corrected chi connectivity index (χ3v) is 6.20. The first kappa shape index (κ1) is 13.9. The van der Waals surface area contributed by atoms with Gasteiger partial charge in [0.25, 0.3) is 10.0 Å². The molecule has 0 aromatic carbocycles. The van der Waals surface area contributed by atoms with Crippen molar-refractivity contribution in [3.63, 3.8) is 0 Å². The van der Waals surface area contributed by atoms with Crippen LogP contribution in [0.3, 0.4) is 0 Å². The maximum absolute atomic E-state index is 12.4. The van der Waals surface area contributed by atoms with Gasteiger partial charge in [0.2, 0.25) is 6.08 Å². The third-order valence-electron chi connectivity index (χ3n) is 2.88. The number of carbonyl (C=O) groups excluding carboxylic acids is 1. The van der Waals surface area contributed by atoms with Gasteiger partial charge in [0.05, 0.1) is 6.04 Å². The fourth-order valence-electron chi connectivity index (χ4n) is 1.97. The molecular weight excluding hydrogens is 286 g/mol. The highest BCUT2D eigenvalue weighted by atomic mass is 32.2. The standard InChI is InChI=1S/C11H11N3O3S2/c12-6-10-3-4-11(18-10)19(16,17)14-5-1-2-9(7-14)13-8-15/h3-4,9H,1-2,5,7H2. The van der Waals surface area contributed by atoms with Gasteiger partial charge in [0.15, 0.2) is 0 Å². The van der Waals surface area contributed by atoms with Gasteiger partial charge in [-0.3, -0.25) is 0 Å². The Morgan fingerprint density at radius 1 is 1.47 bits per heavy atom. The van der Waals surface area contributed by atoms with Gasteiger partial charge in [-0.1, -0.05) is 0 Å². The maximum atomic E-state index is 12.4. The SMILES string of the molecule is N#Cc1ccc(S(=O)(=O)N2CCCC(N=C=O)C2)s1. The van der Waals surface area contributed by atoms with Crippen molar-refractivity contribution in [3.8, 4) is 6.07 Å². The first-order valence-electron chi connectivity index (χ1n) is 5.65. The lowest BCUT2D eigenvalue weighted by atomic mass is 10.1. The highest BCUT2D eigenvalue weighted by molar-refractivity contribution is 7.91. The molecule has 0 saturated carbocycles. The fraction of sp³-hybridized carbons (Fsp3) is 0.455. The van der Waals surface area contributed by atoms with Crippen LogP contribution in [0, 0.1) is 11.3 Å². The number of sulfonamides is 1. The summed E-state index contributed by atoms with van der Waals surface area (Å²) in [6.07, 6.45) is 2.82. The Hall–Kier alpha value is -1.52. The average molecular weight is 297 g/mol. The zero-order valence-electron chi connectivity index (χ0n) is 9.94. The van der Waals surface area contributed by atoms with Gasteiger partial charge in [-0.05, 0) is 25.0 Å². The molecule has 2 heterocycles. The van der Waals surface area contributed by atoms with Crippen LogP contribution in [0.25, 0.3) is 0 Å². The Kier molecular flexibility index (Phi) is 4.12. The zero-order chi connectivity index (χ0) is 13.9. The number of isocyanates is 1. The van der Waals surface area contributed by atoms with Gasteiger partial charge in [0, 0.05) is 13.1 Å². The summed E-state index contributed by atoms with van der Waals surface area (Å²) in [6.45, 7) is 0.602. The van der Waals surface area contributed by atoms with Gasteiger partial charge >= 0.3 is 0 Å². The van der Waals surface area contributed by atoms with E-state index in [1.54, 1.807) is 0 Å². The summed E-state index contributed by atoms with van der Waals surface area (Å²) in [6, 6.07) is 4.52. The predicted molar refractivity (Wildman–Crippen MR) is 68.9 cm³/mol. The van der Waals surface area contributed by atoms with Crippen LogP contribution in [0.4, 0.5) is 0 Å². The van der Waals surface area contributed by atoms with Crippen molar-refractivity contribution in [2.45, 2.75) is 23.1 Å². The minimum absolute atomic E-state index is 0.153. The molecule has 2 rings (SSSR count). The van der Waals surface area contributed by atoms with E-state index in [1.807, 2.05) is 6.07 Å². The van der Waals surface area contributed by atoms with E-state index in [2.05, 4.69) is 4.99 Å². The molecule has 1 saturated heterocycles. The van der Waals surface area contributed by atoms with Crippen LogP contribution < -0.4 is 0 Å². The molecule has 0 amide bonds. The van der Waals surface area contributed by atoms with E-state index in [9.17, 15) is 13.2 Å². The molecule has 19 heavy (non-hydrogen) atoms. The number of nitrogens with zero attached hydrogens (tertiary/aromatic N) is 3. The molecule has 6 nitrogen and oxygen atoms in total. The molecule has 1 aromatic rings. The van der Waals surface area contributed by atoms with Crippen molar-refractivity contribution in [2.24, 2.45) is 4.99 Å². The van der Waals surface area contributed by atoms with E-state index in [1.165, 1.54) is 22.5 Å². The van der Waals surface area contributed by atoms with Crippen LogP contribution in [0.2, 0.25) is 0 Å². The number of hydrogen-bond donors (Lipinski definition) is 0. The number of nitriles is 1. The molecule has 1 aliphatic heterocycles. The first-order chi connectivity index (χ1) is 9.07. The molecule has 1 aromatic heterocycles. The highest BCUT2D eigenvalue weighted by Crippen LogP contribution is 2.27. The highest BCUT2D eigenvalue weighted by Gasteiger charge is 2.31. The summed E-state index contributed by atoms with van der Waals surface area (Å²) in [5.74, 6) is 0. The predicted octanol–water partition coefficient (Wildman–Crippen LogP) is 1.11. The second kappa shape index (κ2) is 5.63. The Balaban J connectivity index is 2.24. The van der Waals surface area contributed by atoms with E-state index >= 15 is 0 Å². The molecule has 8 heteroatoms. The molecule has 0 aliphatic carbocycles. The Labute approximate surface area is 115 Å². The largest absolute Gasteiger partial charge is 0.252 e. The average Bonchev–Trinajstić information content (AvgIpc) is 2.89. The van der Waals surface area contributed by atoms with E-state index in [0.717, 1.165) is 11.3 Å². The fourth-order valence-corrected chi connectivity index (χ4v) is 4.74. The lowest BCUT2D eigenvalue weighted by molar-refractivity contribution is 0.317. The number of thiophene rings is 1. The number of aliphatic imine (C=N–C) groups is 1. The lowest BCUT2D eigenvalue weighted by Crippen LogP contribution is -2.41. The van der Waals surface area contributed by atoms with Gasteiger partial charge in [-0.25, -0.2) is 18.2 Å². The van der Waals surface area contributed by atoms with Crippen molar-refractivity contribution in [1.82, 2.24) is 4.31 Å². The summed E-state index contributed by atoms with van der Waals surface area (Å²) in [5, 5.41) is 8.73. The minimum Gasteiger partial charge on any atom is -0.211 e. The van der Waals surface area contributed by atoms with E-state index in [4.69, 9.17) is 5.26 Å². The quantitative estimate of drug-likeness (QED) is 0.617. The van der Waals surface area contributed by atoms with Crippen LogP contribution in [-0.4, -0.2) is 37.9 Å². The van der Waals surface area contributed by atoms with Crippen molar-refractivity contribution in [3.05, 3.63) is 17.0 Å². The van der Waals surface area contributed by atoms with E-state index in [-0.39, 0.29) is 16.8 Å². The maximum Gasteiger partial charge on any atom is 0.252 e. The lowest BCUT2D eigenvalue weighted by Gasteiger charge is -2.28. The topological polar surface area (TPSA) is 90.6 Å².